The van der Waals surface area contributed by atoms with Gasteiger partial charge < -0.3 is 14.7 Å². The highest BCUT2D eigenvalue weighted by atomic mass is 16.5. The summed E-state index contributed by atoms with van der Waals surface area (Å²) in [6.07, 6.45) is -1.23. The van der Waals surface area contributed by atoms with Gasteiger partial charge in [-0.15, -0.1) is 0 Å². The molecule has 1 N–H and O–H groups in total. The molecule has 0 saturated carbocycles. The molecule has 1 amide bonds. The molecule has 5 heteroatoms. The van der Waals surface area contributed by atoms with Crippen LogP contribution in [0.4, 0.5) is 5.69 Å². The van der Waals surface area contributed by atoms with Crippen LogP contribution < -0.4 is 4.90 Å². The summed E-state index contributed by atoms with van der Waals surface area (Å²) in [7, 11) is 1.77. The van der Waals surface area contributed by atoms with E-state index < -0.39 is 17.7 Å². The molecule has 208 valence electrons. The number of aryl methyl sites for hydroxylation is 4. The van der Waals surface area contributed by atoms with Gasteiger partial charge in [-0.05, 0) is 106 Å². The van der Waals surface area contributed by atoms with Crippen LogP contribution in [0, 0.1) is 40.5 Å². The molecule has 0 aromatic heterocycles. The van der Waals surface area contributed by atoms with Gasteiger partial charge >= 0.3 is 5.97 Å². The van der Waals surface area contributed by atoms with Crippen LogP contribution in [0.2, 0.25) is 0 Å². The fourth-order valence-electron chi connectivity index (χ4n) is 4.94. The summed E-state index contributed by atoms with van der Waals surface area (Å²) in [5.74, 6) is -1.35. The number of hydrogen-bond acceptors (Lipinski definition) is 3. The standard InChI is InChI=1S/C34H43NO4/c1-19(2)32(36)35(11)28-18-27(31(33(37)38)39-34(8,9)10)29(25-14-12-20(3)22(5)16-25)24(7)30(28)26-15-13-21(4)23(6)17-26/h12-19,31H,1-11H3,(H,37,38). The summed E-state index contributed by atoms with van der Waals surface area (Å²) >= 11 is 0. The maximum absolute atomic E-state index is 13.3. The topological polar surface area (TPSA) is 66.8 Å². The zero-order chi connectivity index (χ0) is 29.4. The van der Waals surface area contributed by atoms with Crippen molar-refractivity contribution >= 4 is 17.6 Å². The van der Waals surface area contributed by atoms with E-state index in [9.17, 15) is 14.7 Å². The summed E-state index contributed by atoms with van der Waals surface area (Å²) in [5, 5.41) is 10.4. The Labute approximate surface area is 233 Å². The molecule has 0 aliphatic carbocycles. The lowest BCUT2D eigenvalue weighted by Crippen LogP contribution is -2.32. The lowest BCUT2D eigenvalue weighted by Gasteiger charge is -2.31. The van der Waals surface area contributed by atoms with Crippen molar-refractivity contribution < 1.29 is 19.4 Å². The van der Waals surface area contributed by atoms with Crippen LogP contribution in [-0.4, -0.2) is 29.6 Å². The van der Waals surface area contributed by atoms with Gasteiger partial charge in [0.05, 0.1) is 11.3 Å². The van der Waals surface area contributed by atoms with E-state index in [2.05, 4.69) is 58.0 Å². The summed E-state index contributed by atoms with van der Waals surface area (Å²) < 4.78 is 6.18. The fraction of sp³-hybridized carbons (Fsp3) is 0.412. The first kappa shape index (κ1) is 30.1. The molecule has 0 radical (unpaired) electrons. The van der Waals surface area contributed by atoms with Gasteiger partial charge in [-0.2, -0.15) is 0 Å². The second-order valence-corrected chi connectivity index (χ2v) is 12.0. The average molecular weight is 530 g/mol. The van der Waals surface area contributed by atoms with Crippen LogP contribution in [0.3, 0.4) is 0 Å². The number of nitrogens with zero attached hydrogens (tertiary/aromatic N) is 1. The first-order valence-electron chi connectivity index (χ1n) is 13.5. The van der Waals surface area contributed by atoms with E-state index in [0.29, 0.717) is 11.3 Å². The van der Waals surface area contributed by atoms with E-state index in [1.165, 1.54) is 5.56 Å². The molecule has 3 aromatic rings. The van der Waals surface area contributed by atoms with Gasteiger partial charge in [0.25, 0.3) is 0 Å². The lowest BCUT2D eigenvalue weighted by atomic mass is 9.84. The molecular formula is C34H43NO4. The van der Waals surface area contributed by atoms with Crippen molar-refractivity contribution in [3.8, 4) is 22.3 Å². The number of aliphatic carboxylic acids is 1. The van der Waals surface area contributed by atoms with Gasteiger partial charge in [0.1, 0.15) is 0 Å². The smallest absolute Gasteiger partial charge is 0.337 e. The molecular weight excluding hydrogens is 486 g/mol. The van der Waals surface area contributed by atoms with E-state index in [-0.39, 0.29) is 11.8 Å². The first-order chi connectivity index (χ1) is 18.0. The molecule has 0 spiro atoms. The van der Waals surface area contributed by atoms with E-state index in [0.717, 1.165) is 44.5 Å². The Hall–Kier alpha value is -3.44. The van der Waals surface area contributed by atoms with E-state index >= 15 is 0 Å². The van der Waals surface area contributed by atoms with E-state index in [1.54, 1.807) is 11.9 Å². The third-order valence-electron chi connectivity index (χ3n) is 7.34. The Balaban J connectivity index is 2.54. The van der Waals surface area contributed by atoms with Crippen LogP contribution >= 0.6 is 0 Å². The summed E-state index contributed by atoms with van der Waals surface area (Å²) in [6, 6.07) is 14.4. The largest absolute Gasteiger partial charge is 0.479 e. The molecule has 0 saturated heterocycles. The van der Waals surface area contributed by atoms with Gasteiger partial charge in [0, 0.05) is 24.1 Å². The Kier molecular flexibility index (Phi) is 8.76. The van der Waals surface area contributed by atoms with Crippen LogP contribution in [-0.2, 0) is 14.3 Å². The Morgan fingerprint density at radius 2 is 1.28 bits per heavy atom. The Morgan fingerprint density at radius 1 is 0.795 bits per heavy atom. The number of carbonyl (C=O) groups excluding carboxylic acids is 1. The van der Waals surface area contributed by atoms with Crippen molar-refractivity contribution in [2.75, 3.05) is 11.9 Å². The van der Waals surface area contributed by atoms with E-state index in [1.807, 2.05) is 53.7 Å². The zero-order valence-electron chi connectivity index (χ0n) is 25.3. The van der Waals surface area contributed by atoms with Crippen molar-refractivity contribution in [3.63, 3.8) is 0 Å². The number of rotatable bonds is 7. The first-order valence-corrected chi connectivity index (χ1v) is 13.5. The summed E-state index contributed by atoms with van der Waals surface area (Å²) in [5.41, 5.74) is 9.63. The van der Waals surface area contributed by atoms with Gasteiger partial charge in [0.2, 0.25) is 5.91 Å². The average Bonchev–Trinajstić information content (AvgIpc) is 2.84. The predicted octanol–water partition coefficient (Wildman–Crippen LogP) is 8.12. The molecule has 0 heterocycles. The molecule has 0 aliphatic rings. The molecule has 5 nitrogen and oxygen atoms in total. The number of amides is 1. The quantitative estimate of drug-likeness (QED) is 0.336. The number of anilines is 1. The van der Waals surface area contributed by atoms with Crippen LogP contribution in [0.5, 0.6) is 0 Å². The number of benzene rings is 3. The molecule has 3 rings (SSSR count). The minimum Gasteiger partial charge on any atom is -0.479 e. The van der Waals surface area contributed by atoms with Crippen molar-refractivity contribution in [3.05, 3.63) is 75.8 Å². The molecule has 1 unspecified atom stereocenters. The van der Waals surface area contributed by atoms with Gasteiger partial charge in [-0.1, -0.05) is 50.2 Å². The van der Waals surface area contributed by atoms with Crippen molar-refractivity contribution in [2.45, 2.75) is 80.9 Å². The maximum Gasteiger partial charge on any atom is 0.337 e. The predicted molar refractivity (Wildman–Crippen MR) is 160 cm³/mol. The summed E-state index contributed by atoms with van der Waals surface area (Å²) in [6.45, 7) is 19.6. The second-order valence-electron chi connectivity index (χ2n) is 12.0. The van der Waals surface area contributed by atoms with Gasteiger partial charge in [-0.25, -0.2) is 4.79 Å². The summed E-state index contributed by atoms with van der Waals surface area (Å²) in [4.78, 5) is 27.7. The highest BCUT2D eigenvalue weighted by molar-refractivity contribution is 6.01. The van der Waals surface area contributed by atoms with Gasteiger partial charge in [0.15, 0.2) is 6.10 Å². The van der Waals surface area contributed by atoms with Crippen LogP contribution in [0.1, 0.15) is 74.1 Å². The number of carbonyl (C=O) groups is 2. The molecule has 0 fully saturated rings. The van der Waals surface area contributed by atoms with Crippen LogP contribution in [0.25, 0.3) is 22.3 Å². The molecule has 3 aromatic carbocycles. The molecule has 39 heavy (non-hydrogen) atoms. The zero-order valence-corrected chi connectivity index (χ0v) is 25.3. The Bertz CT molecular complexity index is 1410. The molecule has 1 atom stereocenters. The maximum atomic E-state index is 13.3. The number of carboxylic acid groups (broad SMARTS) is 1. The van der Waals surface area contributed by atoms with Crippen molar-refractivity contribution in [2.24, 2.45) is 5.92 Å². The fourth-order valence-corrected chi connectivity index (χ4v) is 4.94. The number of ether oxygens (including phenoxy) is 1. The Morgan fingerprint density at radius 3 is 1.69 bits per heavy atom. The third kappa shape index (κ3) is 6.42. The van der Waals surface area contributed by atoms with Crippen molar-refractivity contribution in [1.29, 1.82) is 0 Å². The molecule has 0 bridgehead atoms. The minimum atomic E-state index is -1.23. The van der Waals surface area contributed by atoms with Crippen LogP contribution in [0.15, 0.2) is 42.5 Å². The number of hydrogen-bond donors (Lipinski definition) is 1. The van der Waals surface area contributed by atoms with Crippen molar-refractivity contribution in [1.82, 2.24) is 0 Å². The monoisotopic (exact) mass is 529 g/mol. The highest BCUT2D eigenvalue weighted by Gasteiger charge is 2.33. The van der Waals surface area contributed by atoms with E-state index in [4.69, 9.17) is 4.74 Å². The minimum absolute atomic E-state index is 0.0482. The lowest BCUT2D eigenvalue weighted by molar-refractivity contribution is -0.160. The molecule has 0 aliphatic heterocycles. The third-order valence-corrected chi connectivity index (χ3v) is 7.34. The highest BCUT2D eigenvalue weighted by Crippen LogP contribution is 2.45. The normalized spacial score (nSPS) is 12.5. The second kappa shape index (κ2) is 11.4. The number of carboxylic acids is 1. The van der Waals surface area contributed by atoms with Gasteiger partial charge in [-0.3, -0.25) is 4.79 Å². The SMILES string of the molecule is Cc1ccc(-c2c(C(OC(C)(C)C)C(=O)O)cc(N(C)C(=O)C(C)C)c(-c3ccc(C)c(C)c3)c2C)cc1C.